The summed E-state index contributed by atoms with van der Waals surface area (Å²) in [5, 5.41) is 11.2. The summed E-state index contributed by atoms with van der Waals surface area (Å²) >= 11 is 1.61. The highest BCUT2D eigenvalue weighted by molar-refractivity contribution is 7.11. The molecule has 2 heterocycles. The van der Waals surface area contributed by atoms with E-state index in [-0.39, 0.29) is 5.91 Å². The Morgan fingerprint density at radius 1 is 1.22 bits per heavy atom. The molecule has 2 N–H and O–H groups in total. The van der Waals surface area contributed by atoms with E-state index in [9.17, 15) is 4.79 Å². The van der Waals surface area contributed by atoms with E-state index in [2.05, 4.69) is 20.5 Å². The van der Waals surface area contributed by atoms with Gasteiger partial charge in [-0.05, 0) is 20.8 Å². The van der Waals surface area contributed by atoms with Gasteiger partial charge < -0.3 is 5.32 Å². The van der Waals surface area contributed by atoms with E-state index in [1.54, 1.807) is 11.3 Å². The topological polar surface area (TPSA) is 70.7 Å². The molecule has 0 radical (unpaired) electrons. The van der Waals surface area contributed by atoms with Crippen molar-refractivity contribution >= 4 is 17.2 Å². The number of H-pyrrole nitrogens is 1. The zero-order chi connectivity index (χ0) is 16.4. The van der Waals surface area contributed by atoms with Crippen LogP contribution in [0.3, 0.4) is 0 Å². The van der Waals surface area contributed by atoms with E-state index >= 15 is 0 Å². The molecule has 23 heavy (non-hydrogen) atoms. The van der Waals surface area contributed by atoms with Crippen molar-refractivity contribution in [1.29, 1.82) is 0 Å². The summed E-state index contributed by atoms with van der Waals surface area (Å²) in [4.78, 5) is 18.1. The fraction of sp³-hybridized carbons (Fsp3) is 0.235. The quantitative estimate of drug-likeness (QED) is 0.772. The Labute approximate surface area is 138 Å². The summed E-state index contributed by atoms with van der Waals surface area (Å²) in [7, 11) is 0. The molecule has 1 aromatic carbocycles. The fourth-order valence-electron chi connectivity index (χ4n) is 2.50. The van der Waals surface area contributed by atoms with Gasteiger partial charge in [0.05, 0.1) is 22.8 Å². The van der Waals surface area contributed by atoms with Crippen LogP contribution >= 0.6 is 11.3 Å². The molecular weight excluding hydrogens is 308 g/mol. The van der Waals surface area contributed by atoms with Crippen LogP contribution in [-0.2, 0) is 6.54 Å². The Balaban J connectivity index is 1.83. The number of aromatic amines is 1. The SMILES string of the molecule is Cc1nc(C)c(CNC(=O)c2c(-c3ccccc3)n[nH]c2C)s1. The molecule has 118 valence electrons. The number of amides is 1. The molecule has 0 saturated carbocycles. The molecule has 0 aliphatic carbocycles. The zero-order valence-electron chi connectivity index (χ0n) is 13.3. The number of hydrogen-bond donors (Lipinski definition) is 2. The Bertz CT molecular complexity index is 836. The molecule has 0 spiro atoms. The number of hydrogen-bond acceptors (Lipinski definition) is 4. The van der Waals surface area contributed by atoms with E-state index < -0.39 is 0 Å². The lowest BCUT2D eigenvalue weighted by Crippen LogP contribution is -2.23. The summed E-state index contributed by atoms with van der Waals surface area (Å²) < 4.78 is 0. The van der Waals surface area contributed by atoms with Crippen molar-refractivity contribution in [3.05, 3.63) is 57.2 Å². The largest absolute Gasteiger partial charge is 0.347 e. The van der Waals surface area contributed by atoms with Gasteiger partial charge in [0.1, 0.15) is 5.69 Å². The second-order valence-electron chi connectivity index (χ2n) is 5.36. The molecule has 3 rings (SSSR count). The number of nitrogens with zero attached hydrogens (tertiary/aromatic N) is 2. The molecule has 1 amide bonds. The molecule has 5 nitrogen and oxygen atoms in total. The van der Waals surface area contributed by atoms with Crippen LogP contribution in [0.1, 0.15) is 31.6 Å². The summed E-state index contributed by atoms with van der Waals surface area (Å²) in [6.45, 7) is 6.27. The molecular formula is C17H18N4OS. The second kappa shape index (κ2) is 6.34. The molecule has 0 atom stereocenters. The van der Waals surface area contributed by atoms with E-state index in [0.29, 0.717) is 17.8 Å². The minimum atomic E-state index is -0.124. The van der Waals surface area contributed by atoms with Crippen molar-refractivity contribution in [3.63, 3.8) is 0 Å². The zero-order valence-corrected chi connectivity index (χ0v) is 14.1. The van der Waals surface area contributed by atoms with Crippen molar-refractivity contribution in [3.8, 4) is 11.3 Å². The average Bonchev–Trinajstić information content (AvgIpc) is 3.08. The maximum absolute atomic E-state index is 12.6. The van der Waals surface area contributed by atoms with Crippen LogP contribution < -0.4 is 5.32 Å². The van der Waals surface area contributed by atoms with Crippen LogP contribution in [0.25, 0.3) is 11.3 Å². The van der Waals surface area contributed by atoms with Gasteiger partial charge in [0, 0.05) is 16.1 Å². The number of rotatable bonds is 4. The van der Waals surface area contributed by atoms with Crippen molar-refractivity contribution in [2.45, 2.75) is 27.3 Å². The highest BCUT2D eigenvalue weighted by Crippen LogP contribution is 2.23. The summed E-state index contributed by atoms with van der Waals surface area (Å²) in [5.74, 6) is -0.124. The van der Waals surface area contributed by atoms with Crippen molar-refractivity contribution in [2.24, 2.45) is 0 Å². The number of nitrogens with one attached hydrogen (secondary N) is 2. The molecule has 0 aliphatic rings. The first kappa shape index (κ1) is 15.4. The van der Waals surface area contributed by atoms with Gasteiger partial charge in [0.15, 0.2) is 0 Å². The molecule has 3 aromatic rings. The van der Waals surface area contributed by atoms with Crippen molar-refractivity contribution in [2.75, 3.05) is 0 Å². The van der Waals surface area contributed by atoms with Gasteiger partial charge in [-0.25, -0.2) is 4.98 Å². The average molecular weight is 326 g/mol. The predicted molar refractivity (Wildman–Crippen MR) is 91.5 cm³/mol. The van der Waals surface area contributed by atoms with Gasteiger partial charge in [0.2, 0.25) is 0 Å². The molecule has 0 bridgehead atoms. The summed E-state index contributed by atoms with van der Waals surface area (Å²) in [5.41, 5.74) is 3.93. The lowest BCUT2D eigenvalue weighted by atomic mass is 10.1. The number of carbonyl (C=O) groups is 1. The normalized spacial score (nSPS) is 10.7. The third kappa shape index (κ3) is 3.17. The summed E-state index contributed by atoms with van der Waals surface area (Å²) in [6, 6.07) is 9.71. The lowest BCUT2D eigenvalue weighted by Gasteiger charge is -2.06. The number of aryl methyl sites for hydroxylation is 3. The monoisotopic (exact) mass is 326 g/mol. The first-order chi connectivity index (χ1) is 11.1. The molecule has 0 saturated heterocycles. The minimum Gasteiger partial charge on any atom is -0.347 e. The van der Waals surface area contributed by atoms with Crippen LogP contribution in [-0.4, -0.2) is 21.1 Å². The van der Waals surface area contributed by atoms with Crippen LogP contribution in [0.5, 0.6) is 0 Å². The number of carbonyl (C=O) groups excluding carboxylic acids is 1. The lowest BCUT2D eigenvalue weighted by molar-refractivity contribution is 0.0951. The van der Waals surface area contributed by atoms with Gasteiger partial charge >= 0.3 is 0 Å². The van der Waals surface area contributed by atoms with E-state index in [1.807, 2.05) is 51.1 Å². The number of benzene rings is 1. The van der Waals surface area contributed by atoms with Crippen LogP contribution in [0.2, 0.25) is 0 Å². The second-order valence-corrected chi connectivity index (χ2v) is 6.65. The molecule has 0 unspecified atom stereocenters. The summed E-state index contributed by atoms with van der Waals surface area (Å²) in [6.07, 6.45) is 0. The van der Waals surface area contributed by atoms with Crippen molar-refractivity contribution < 1.29 is 4.79 Å². The van der Waals surface area contributed by atoms with Crippen molar-refractivity contribution in [1.82, 2.24) is 20.5 Å². The van der Waals surface area contributed by atoms with Crippen LogP contribution in [0, 0.1) is 20.8 Å². The third-order valence-electron chi connectivity index (χ3n) is 3.63. The van der Waals surface area contributed by atoms with Gasteiger partial charge in [-0.15, -0.1) is 11.3 Å². The third-order valence-corrected chi connectivity index (χ3v) is 4.70. The maximum Gasteiger partial charge on any atom is 0.255 e. The Morgan fingerprint density at radius 3 is 2.61 bits per heavy atom. The molecule has 0 fully saturated rings. The standard InChI is InChI=1S/C17H18N4OS/c1-10-14(23-12(3)19-10)9-18-17(22)15-11(2)20-21-16(15)13-7-5-4-6-8-13/h4-8H,9H2,1-3H3,(H,18,22)(H,20,21). The van der Waals surface area contributed by atoms with Gasteiger partial charge in [-0.1, -0.05) is 30.3 Å². The van der Waals surface area contributed by atoms with E-state index in [1.165, 1.54) is 0 Å². The number of aromatic nitrogens is 3. The predicted octanol–water partition coefficient (Wildman–Crippen LogP) is 3.39. The fourth-order valence-corrected chi connectivity index (χ4v) is 3.38. The molecule has 0 aliphatic heterocycles. The Hall–Kier alpha value is -2.47. The van der Waals surface area contributed by atoms with Gasteiger partial charge in [-0.2, -0.15) is 5.10 Å². The van der Waals surface area contributed by atoms with Gasteiger partial charge in [-0.3, -0.25) is 9.89 Å². The van der Waals surface area contributed by atoms with Gasteiger partial charge in [0.25, 0.3) is 5.91 Å². The maximum atomic E-state index is 12.6. The highest BCUT2D eigenvalue weighted by Gasteiger charge is 2.19. The molecule has 6 heteroatoms. The Morgan fingerprint density at radius 2 is 1.96 bits per heavy atom. The van der Waals surface area contributed by atoms with E-state index in [0.717, 1.165) is 26.8 Å². The van der Waals surface area contributed by atoms with Crippen LogP contribution in [0.15, 0.2) is 30.3 Å². The first-order valence-electron chi connectivity index (χ1n) is 7.37. The first-order valence-corrected chi connectivity index (χ1v) is 8.19. The highest BCUT2D eigenvalue weighted by atomic mass is 32.1. The minimum absolute atomic E-state index is 0.124. The number of thiazole rings is 1. The van der Waals surface area contributed by atoms with Crippen LogP contribution in [0.4, 0.5) is 0 Å². The molecule has 2 aromatic heterocycles. The Kier molecular flexibility index (Phi) is 4.25. The van der Waals surface area contributed by atoms with E-state index in [4.69, 9.17) is 0 Å². The smallest absolute Gasteiger partial charge is 0.255 e.